The van der Waals surface area contributed by atoms with Crippen LogP contribution in [0.25, 0.3) is 0 Å². The normalized spacial score (nSPS) is 25.7. The van der Waals surface area contributed by atoms with Crippen LogP contribution in [-0.4, -0.2) is 23.8 Å². The van der Waals surface area contributed by atoms with Gasteiger partial charge in [0.25, 0.3) is 0 Å². The zero-order valence-electron chi connectivity index (χ0n) is 8.87. The topological polar surface area (TPSA) is 32.3 Å². The van der Waals surface area contributed by atoms with E-state index in [2.05, 4.69) is 17.4 Å². The fourth-order valence-electron chi connectivity index (χ4n) is 3.17. The van der Waals surface area contributed by atoms with Crippen molar-refractivity contribution in [1.82, 2.24) is 5.32 Å². The number of hydrogen-bond donors (Lipinski definition) is 2. The van der Waals surface area contributed by atoms with Gasteiger partial charge in [-0.15, -0.1) is 0 Å². The smallest absolute Gasteiger partial charge is 0.0700 e. The minimum Gasteiger partial charge on any atom is -0.390 e. The molecule has 1 heterocycles. The summed E-state index contributed by atoms with van der Waals surface area (Å²) in [6, 6.07) is 10.3. The molecule has 1 aromatic carbocycles. The lowest BCUT2D eigenvalue weighted by Crippen LogP contribution is -2.67. The van der Waals surface area contributed by atoms with Crippen LogP contribution in [0.4, 0.5) is 0 Å². The molecule has 2 aliphatic rings. The molecule has 0 unspecified atom stereocenters. The second-order valence-corrected chi connectivity index (χ2v) is 5.34. The Bertz CT molecular complexity index is 348. The summed E-state index contributed by atoms with van der Waals surface area (Å²) in [5.74, 6) is 0. The van der Waals surface area contributed by atoms with Crippen LogP contribution in [0.5, 0.6) is 0 Å². The lowest BCUT2D eigenvalue weighted by Gasteiger charge is -2.59. The predicted octanol–water partition coefficient (Wildman–Crippen LogP) is 1.34. The first kappa shape index (κ1) is 9.37. The summed E-state index contributed by atoms with van der Waals surface area (Å²) >= 11 is 0. The molecule has 3 rings (SSSR count). The van der Waals surface area contributed by atoms with Gasteiger partial charge < -0.3 is 10.4 Å². The van der Waals surface area contributed by atoms with Crippen molar-refractivity contribution in [2.24, 2.45) is 5.41 Å². The van der Waals surface area contributed by atoms with Gasteiger partial charge in [-0.25, -0.2) is 0 Å². The standard InChI is InChI=1S/C13H17NO/c15-13(6-11-4-2-1-3-5-11)7-12(8-13)9-14-10-12/h1-5,14-15H,6-10H2. The molecule has 1 aromatic rings. The Morgan fingerprint density at radius 1 is 1.13 bits per heavy atom. The van der Waals surface area contributed by atoms with Gasteiger partial charge in [0.15, 0.2) is 0 Å². The molecule has 0 aromatic heterocycles. The molecule has 1 aliphatic heterocycles. The fraction of sp³-hybridized carbons (Fsp3) is 0.538. The summed E-state index contributed by atoms with van der Waals surface area (Å²) in [6.07, 6.45) is 2.76. The van der Waals surface area contributed by atoms with Crippen molar-refractivity contribution >= 4 is 0 Å². The molecule has 1 aliphatic carbocycles. The van der Waals surface area contributed by atoms with E-state index in [4.69, 9.17) is 0 Å². The van der Waals surface area contributed by atoms with Gasteiger partial charge in [0, 0.05) is 24.9 Å². The summed E-state index contributed by atoms with van der Waals surface area (Å²) in [5, 5.41) is 13.6. The molecule has 2 fully saturated rings. The summed E-state index contributed by atoms with van der Waals surface area (Å²) in [7, 11) is 0. The van der Waals surface area contributed by atoms with Gasteiger partial charge in [0.2, 0.25) is 0 Å². The van der Waals surface area contributed by atoms with E-state index in [9.17, 15) is 5.11 Å². The SMILES string of the molecule is OC1(Cc2ccccc2)CC2(CNC2)C1. The highest BCUT2D eigenvalue weighted by Crippen LogP contribution is 2.52. The average Bonchev–Trinajstić information content (AvgIpc) is 2.12. The van der Waals surface area contributed by atoms with Crippen molar-refractivity contribution < 1.29 is 5.11 Å². The quantitative estimate of drug-likeness (QED) is 0.760. The third kappa shape index (κ3) is 1.58. The number of hydrogen-bond acceptors (Lipinski definition) is 2. The Morgan fingerprint density at radius 2 is 1.80 bits per heavy atom. The minimum atomic E-state index is -0.427. The molecule has 0 bridgehead atoms. The van der Waals surface area contributed by atoms with Crippen LogP contribution in [0.2, 0.25) is 0 Å². The molecule has 0 atom stereocenters. The molecule has 0 radical (unpaired) electrons. The van der Waals surface area contributed by atoms with Crippen molar-refractivity contribution in [3.05, 3.63) is 35.9 Å². The summed E-state index contributed by atoms with van der Waals surface area (Å²) in [4.78, 5) is 0. The maximum atomic E-state index is 10.3. The summed E-state index contributed by atoms with van der Waals surface area (Å²) in [5.41, 5.74) is 1.27. The first-order valence-electron chi connectivity index (χ1n) is 5.67. The van der Waals surface area contributed by atoms with Crippen LogP contribution in [0, 0.1) is 5.41 Å². The highest BCUT2D eigenvalue weighted by Gasteiger charge is 2.56. The molecule has 1 saturated carbocycles. The van der Waals surface area contributed by atoms with Gasteiger partial charge in [0.1, 0.15) is 0 Å². The third-order valence-electron chi connectivity index (χ3n) is 3.78. The Morgan fingerprint density at radius 3 is 2.33 bits per heavy atom. The van der Waals surface area contributed by atoms with Crippen molar-refractivity contribution in [3.8, 4) is 0 Å². The van der Waals surface area contributed by atoms with Gasteiger partial charge in [-0.1, -0.05) is 30.3 Å². The molecule has 0 amide bonds. The maximum absolute atomic E-state index is 10.3. The van der Waals surface area contributed by atoms with Crippen molar-refractivity contribution in [3.63, 3.8) is 0 Å². The van der Waals surface area contributed by atoms with Crippen LogP contribution in [0.1, 0.15) is 18.4 Å². The first-order valence-corrected chi connectivity index (χ1v) is 5.67. The highest BCUT2D eigenvalue weighted by molar-refractivity contribution is 5.21. The summed E-state index contributed by atoms with van der Waals surface area (Å²) in [6.45, 7) is 2.20. The molecular weight excluding hydrogens is 186 g/mol. The van der Waals surface area contributed by atoms with E-state index in [0.29, 0.717) is 5.41 Å². The number of nitrogens with one attached hydrogen (secondary N) is 1. The Balaban J connectivity index is 1.65. The Labute approximate surface area is 90.3 Å². The van der Waals surface area contributed by atoms with Crippen LogP contribution in [0.3, 0.4) is 0 Å². The molecule has 1 saturated heterocycles. The van der Waals surface area contributed by atoms with E-state index >= 15 is 0 Å². The monoisotopic (exact) mass is 203 g/mol. The molecule has 1 spiro atoms. The van der Waals surface area contributed by atoms with E-state index in [1.54, 1.807) is 0 Å². The van der Waals surface area contributed by atoms with Crippen molar-refractivity contribution in [2.75, 3.05) is 13.1 Å². The maximum Gasteiger partial charge on any atom is 0.0700 e. The molecule has 80 valence electrons. The molecule has 15 heavy (non-hydrogen) atoms. The van der Waals surface area contributed by atoms with E-state index < -0.39 is 5.60 Å². The third-order valence-corrected chi connectivity index (χ3v) is 3.78. The van der Waals surface area contributed by atoms with E-state index in [1.807, 2.05) is 18.2 Å². The van der Waals surface area contributed by atoms with Gasteiger partial charge in [-0.2, -0.15) is 0 Å². The zero-order chi connectivity index (χ0) is 10.4. The lowest BCUT2D eigenvalue weighted by atomic mass is 9.54. The lowest BCUT2D eigenvalue weighted by molar-refractivity contribution is -0.148. The van der Waals surface area contributed by atoms with E-state index in [0.717, 1.165) is 32.4 Å². The molecule has 2 nitrogen and oxygen atoms in total. The van der Waals surface area contributed by atoms with E-state index in [1.165, 1.54) is 5.56 Å². The van der Waals surface area contributed by atoms with Crippen molar-refractivity contribution in [1.29, 1.82) is 0 Å². The van der Waals surface area contributed by atoms with Crippen molar-refractivity contribution in [2.45, 2.75) is 24.9 Å². The number of aliphatic hydroxyl groups is 1. The number of rotatable bonds is 2. The van der Waals surface area contributed by atoms with Gasteiger partial charge in [-0.3, -0.25) is 0 Å². The van der Waals surface area contributed by atoms with Crippen LogP contribution < -0.4 is 5.32 Å². The van der Waals surface area contributed by atoms with Crippen LogP contribution >= 0.6 is 0 Å². The predicted molar refractivity (Wildman–Crippen MR) is 59.6 cm³/mol. The van der Waals surface area contributed by atoms with E-state index in [-0.39, 0.29) is 0 Å². The Kier molecular flexibility index (Phi) is 1.91. The molecular formula is C13H17NO. The average molecular weight is 203 g/mol. The van der Waals surface area contributed by atoms with Gasteiger partial charge >= 0.3 is 0 Å². The molecule has 2 N–H and O–H groups in total. The van der Waals surface area contributed by atoms with Gasteiger partial charge in [0.05, 0.1) is 5.60 Å². The minimum absolute atomic E-state index is 0.427. The summed E-state index contributed by atoms with van der Waals surface area (Å²) < 4.78 is 0. The first-order chi connectivity index (χ1) is 7.20. The Hall–Kier alpha value is -0.860. The van der Waals surface area contributed by atoms with Crippen LogP contribution in [0.15, 0.2) is 30.3 Å². The second kappa shape index (κ2) is 3.06. The second-order valence-electron chi connectivity index (χ2n) is 5.34. The zero-order valence-corrected chi connectivity index (χ0v) is 8.87. The number of benzene rings is 1. The highest BCUT2D eigenvalue weighted by atomic mass is 16.3. The van der Waals surface area contributed by atoms with Crippen LogP contribution in [-0.2, 0) is 6.42 Å². The largest absolute Gasteiger partial charge is 0.390 e. The fourth-order valence-corrected chi connectivity index (χ4v) is 3.17. The molecule has 2 heteroatoms. The van der Waals surface area contributed by atoms with Gasteiger partial charge in [-0.05, 0) is 18.4 Å².